The van der Waals surface area contributed by atoms with E-state index < -0.39 is 6.16 Å². The Morgan fingerprint density at radius 2 is 2.41 bits per heavy atom. The SMILES string of the molecule is CC1COC(CCOCC=C2COC(=O)O2)=N1. The highest BCUT2D eigenvalue weighted by molar-refractivity contribution is 5.77. The van der Waals surface area contributed by atoms with Gasteiger partial charge in [0, 0.05) is 6.42 Å². The molecule has 6 heteroatoms. The van der Waals surface area contributed by atoms with Gasteiger partial charge in [0.05, 0.1) is 19.3 Å². The van der Waals surface area contributed by atoms with Crippen LogP contribution in [-0.2, 0) is 18.9 Å². The van der Waals surface area contributed by atoms with Crippen molar-refractivity contribution in [2.75, 3.05) is 26.4 Å². The molecular formula is C11H15NO5. The summed E-state index contributed by atoms with van der Waals surface area (Å²) in [6.07, 6.45) is 1.70. The first kappa shape index (κ1) is 11.9. The summed E-state index contributed by atoms with van der Waals surface area (Å²) >= 11 is 0. The molecule has 0 N–H and O–H groups in total. The number of carbonyl (C=O) groups is 1. The smallest absolute Gasteiger partial charge is 0.479 e. The van der Waals surface area contributed by atoms with Crippen molar-refractivity contribution in [3.05, 3.63) is 11.8 Å². The lowest BCUT2D eigenvalue weighted by Gasteiger charge is -2.01. The number of cyclic esters (lactones) is 2. The van der Waals surface area contributed by atoms with Gasteiger partial charge in [-0.2, -0.15) is 0 Å². The third kappa shape index (κ3) is 3.74. The average molecular weight is 241 g/mol. The van der Waals surface area contributed by atoms with Crippen molar-refractivity contribution < 1.29 is 23.7 Å². The van der Waals surface area contributed by atoms with Crippen molar-refractivity contribution in [2.24, 2.45) is 4.99 Å². The Labute approximate surface area is 99.2 Å². The molecule has 1 saturated heterocycles. The highest BCUT2D eigenvalue weighted by Crippen LogP contribution is 2.09. The molecule has 0 aromatic rings. The minimum atomic E-state index is -0.654. The summed E-state index contributed by atoms with van der Waals surface area (Å²) in [5.74, 6) is 1.25. The van der Waals surface area contributed by atoms with E-state index in [9.17, 15) is 4.79 Å². The van der Waals surface area contributed by atoms with Crippen LogP contribution in [0.5, 0.6) is 0 Å². The second kappa shape index (κ2) is 5.67. The zero-order valence-corrected chi connectivity index (χ0v) is 9.68. The molecule has 2 aliphatic rings. The molecular weight excluding hydrogens is 226 g/mol. The van der Waals surface area contributed by atoms with Crippen LogP contribution in [0.3, 0.4) is 0 Å². The first-order valence-corrected chi connectivity index (χ1v) is 5.55. The van der Waals surface area contributed by atoms with Crippen molar-refractivity contribution in [1.82, 2.24) is 0 Å². The maximum atomic E-state index is 10.6. The van der Waals surface area contributed by atoms with Crippen molar-refractivity contribution in [2.45, 2.75) is 19.4 Å². The molecule has 6 nitrogen and oxygen atoms in total. The monoisotopic (exact) mass is 241 g/mol. The average Bonchev–Trinajstić information content (AvgIpc) is 2.88. The van der Waals surface area contributed by atoms with E-state index in [0.29, 0.717) is 32.0 Å². The second-order valence-corrected chi connectivity index (χ2v) is 3.82. The number of carbonyl (C=O) groups excluding carboxylic acids is 1. The van der Waals surface area contributed by atoms with Gasteiger partial charge in [-0.3, -0.25) is 0 Å². The molecule has 0 radical (unpaired) electrons. The highest BCUT2D eigenvalue weighted by Gasteiger charge is 2.17. The van der Waals surface area contributed by atoms with E-state index in [0.717, 1.165) is 5.90 Å². The lowest BCUT2D eigenvalue weighted by atomic mass is 10.4. The standard InChI is InChI=1S/C11H15NO5/c1-8-6-15-10(12-8)3-5-14-4-2-9-7-16-11(13)17-9/h2,8H,3-7H2,1H3. The Morgan fingerprint density at radius 3 is 3.06 bits per heavy atom. The molecule has 2 heterocycles. The third-order valence-electron chi connectivity index (χ3n) is 2.29. The summed E-state index contributed by atoms with van der Waals surface area (Å²) in [4.78, 5) is 14.9. The van der Waals surface area contributed by atoms with Crippen molar-refractivity contribution in [3.63, 3.8) is 0 Å². The summed E-state index contributed by atoms with van der Waals surface area (Å²) in [7, 11) is 0. The predicted molar refractivity (Wildman–Crippen MR) is 58.8 cm³/mol. The number of rotatable bonds is 5. The molecule has 0 saturated carbocycles. The minimum absolute atomic E-state index is 0.190. The third-order valence-corrected chi connectivity index (χ3v) is 2.29. The Morgan fingerprint density at radius 1 is 1.53 bits per heavy atom. The van der Waals surface area contributed by atoms with Gasteiger partial charge in [0.25, 0.3) is 0 Å². The van der Waals surface area contributed by atoms with Gasteiger partial charge >= 0.3 is 6.16 Å². The first-order valence-electron chi connectivity index (χ1n) is 5.55. The zero-order chi connectivity index (χ0) is 12.1. The summed E-state index contributed by atoms with van der Waals surface area (Å²) in [6, 6.07) is 0.252. The van der Waals surface area contributed by atoms with Crippen LogP contribution in [0.4, 0.5) is 4.79 Å². The van der Waals surface area contributed by atoms with Crippen LogP contribution in [0.1, 0.15) is 13.3 Å². The van der Waals surface area contributed by atoms with Crippen LogP contribution >= 0.6 is 0 Å². The Hall–Kier alpha value is -1.56. The van der Waals surface area contributed by atoms with E-state index in [1.165, 1.54) is 0 Å². The summed E-state index contributed by atoms with van der Waals surface area (Å²) in [5, 5.41) is 0. The molecule has 17 heavy (non-hydrogen) atoms. The van der Waals surface area contributed by atoms with Gasteiger partial charge in [0.2, 0.25) is 0 Å². The van der Waals surface area contributed by atoms with Crippen LogP contribution in [-0.4, -0.2) is 44.5 Å². The summed E-state index contributed by atoms with van der Waals surface area (Å²) in [5.41, 5.74) is 0. The molecule has 0 aliphatic carbocycles. The molecule has 0 aromatic carbocycles. The Kier molecular flexibility index (Phi) is 3.98. The Balaban J connectivity index is 1.58. The van der Waals surface area contributed by atoms with E-state index in [2.05, 4.69) is 9.73 Å². The lowest BCUT2D eigenvalue weighted by molar-refractivity contribution is 0.135. The topological polar surface area (TPSA) is 66.4 Å². The maximum Gasteiger partial charge on any atom is 0.514 e. The maximum absolute atomic E-state index is 10.6. The fraction of sp³-hybridized carbons (Fsp3) is 0.636. The molecule has 1 unspecified atom stereocenters. The molecule has 0 spiro atoms. The van der Waals surface area contributed by atoms with E-state index in [4.69, 9.17) is 14.2 Å². The molecule has 0 bridgehead atoms. The number of nitrogens with zero attached hydrogens (tertiary/aromatic N) is 1. The highest BCUT2D eigenvalue weighted by atomic mass is 16.8. The first-order chi connectivity index (χ1) is 8.24. The normalized spacial score (nSPS) is 25.5. The van der Waals surface area contributed by atoms with Gasteiger partial charge in [0.1, 0.15) is 12.4 Å². The van der Waals surface area contributed by atoms with Crippen molar-refractivity contribution in [3.8, 4) is 0 Å². The molecule has 2 rings (SSSR count). The second-order valence-electron chi connectivity index (χ2n) is 3.82. The van der Waals surface area contributed by atoms with Gasteiger partial charge in [-0.1, -0.05) is 0 Å². The number of aliphatic imine (C=N–C) groups is 1. The van der Waals surface area contributed by atoms with Crippen LogP contribution in [0.15, 0.2) is 16.8 Å². The van der Waals surface area contributed by atoms with Gasteiger partial charge in [-0.15, -0.1) is 0 Å². The van der Waals surface area contributed by atoms with Crippen LogP contribution in [0.25, 0.3) is 0 Å². The number of hydrogen-bond acceptors (Lipinski definition) is 6. The summed E-state index contributed by atoms with van der Waals surface area (Å²) in [6.45, 7) is 3.77. The molecule has 94 valence electrons. The molecule has 1 fully saturated rings. The van der Waals surface area contributed by atoms with Crippen molar-refractivity contribution in [1.29, 1.82) is 0 Å². The Bertz CT molecular complexity index is 350. The van der Waals surface area contributed by atoms with E-state index in [-0.39, 0.29) is 12.6 Å². The molecule has 0 aromatic heterocycles. The van der Waals surface area contributed by atoms with Crippen LogP contribution in [0, 0.1) is 0 Å². The minimum Gasteiger partial charge on any atom is -0.479 e. The van der Waals surface area contributed by atoms with Crippen LogP contribution < -0.4 is 0 Å². The largest absolute Gasteiger partial charge is 0.514 e. The summed E-state index contributed by atoms with van der Waals surface area (Å²) < 4.78 is 20.0. The zero-order valence-electron chi connectivity index (χ0n) is 9.68. The fourth-order valence-corrected chi connectivity index (χ4v) is 1.47. The van der Waals surface area contributed by atoms with Crippen molar-refractivity contribution >= 4 is 12.1 Å². The molecule has 1 atom stereocenters. The fourth-order valence-electron chi connectivity index (χ4n) is 1.47. The van der Waals surface area contributed by atoms with E-state index >= 15 is 0 Å². The number of hydrogen-bond donors (Lipinski definition) is 0. The predicted octanol–water partition coefficient (Wildman–Crippen LogP) is 1.26. The number of ether oxygens (including phenoxy) is 4. The quantitative estimate of drug-likeness (QED) is 0.535. The molecule has 2 aliphatic heterocycles. The molecule has 0 amide bonds. The van der Waals surface area contributed by atoms with Gasteiger partial charge in [-0.25, -0.2) is 9.79 Å². The lowest BCUT2D eigenvalue weighted by Crippen LogP contribution is -2.05. The van der Waals surface area contributed by atoms with E-state index in [1.807, 2.05) is 6.92 Å². The van der Waals surface area contributed by atoms with Crippen LogP contribution in [0.2, 0.25) is 0 Å². The van der Waals surface area contributed by atoms with Gasteiger partial charge in [-0.05, 0) is 13.0 Å². The van der Waals surface area contributed by atoms with Gasteiger partial charge < -0.3 is 18.9 Å². The van der Waals surface area contributed by atoms with E-state index in [1.54, 1.807) is 6.08 Å². The van der Waals surface area contributed by atoms with Gasteiger partial charge in [0.15, 0.2) is 12.5 Å².